The first kappa shape index (κ1) is 15.6. The van der Waals surface area contributed by atoms with Crippen LogP contribution in [0.25, 0.3) is 0 Å². The van der Waals surface area contributed by atoms with Crippen LogP contribution in [0.4, 0.5) is 10.1 Å². The summed E-state index contributed by atoms with van der Waals surface area (Å²) in [6.45, 7) is 0. The zero-order valence-electron chi connectivity index (χ0n) is 10.9. The van der Waals surface area contributed by atoms with E-state index in [1.54, 1.807) is 0 Å². The minimum atomic E-state index is -2.74. The molecule has 1 amide bonds. The summed E-state index contributed by atoms with van der Waals surface area (Å²) in [5.41, 5.74) is -0.837. The molecule has 0 saturated heterocycles. The number of nitrogens with one attached hydrogen (secondary N) is 1. The molecule has 0 heterocycles. The average molecular weight is 323 g/mol. The molecule has 2 aromatic carbocycles. The number of carbonyl (C=O) groups is 2. The lowest BCUT2D eigenvalue weighted by Gasteiger charge is -2.08. The van der Waals surface area contributed by atoms with E-state index in [-0.39, 0.29) is 10.6 Å². The first-order chi connectivity index (χ1) is 10.4. The maximum atomic E-state index is 13.7. The van der Waals surface area contributed by atoms with Crippen molar-refractivity contribution in [3.05, 3.63) is 59.4 Å². The summed E-state index contributed by atoms with van der Waals surface area (Å²) in [6, 6.07) is 8.45. The van der Waals surface area contributed by atoms with Crippen molar-refractivity contribution in [3.63, 3.8) is 0 Å². The van der Waals surface area contributed by atoms with E-state index in [2.05, 4.69) is 5.32 Å². The molecule has 2 N–H and O–H groups in total. The predicted octanol–water partition coefficient (Wildman–Crippen LogP) is 1.75. The number of amides is 1. The van der Waals surface area contributed by atoms with Crippen LogP contribution in [0.5, 0.6) is 0 Å². The molecule has 0 radical (unpaired) electrons. The largest absolute Gasteiger partial charge is 0.478 e. The Bertz CT molecular complexity index is 806. The number of halogens is 1. The fourth-order valence-electron chi connectivity index (χ4n) is 1.79. The lowest BCUT2D eigenvalue weighted by Crippen LogP contribution is -2.18. The summed E-state index contributed by atoms with van der Waals surface area (Å²) in [5.74, 6) is -3.32. The number of carboxylic acids is 1. The molecular weight excluding hydrogens is 313 g/mol. The maximum absolute atomic E-state index is 13.7. The summed E-state index contributed by atoms with van der Waals surface area (Å²) in [5, 5.41) is 11.3. The average Bonchev–Trinajstić information content (AvgIpc) is 2.47. The van der Waals surface area contributed by atoms with Gasteiger partial charge in [0.1, 0.15) is 5.82 Å². The first-order valence-electron chi connectivity index (χ1n) is 5.97. The van der Waals surface area contributed by atoms with Gasteiger partial charge in [0.05, 0.1) is 16.0 Å². The molecular formula is C14H10FNO5S. The molecule has 0 unspecified atom stereocenters. The normalized spacial score (nSPS) is 10.5. The number of benzene rings is 2. The number of aromatic carboxylic acids is 1. The Kier molecular flexibility index (Phi) is 4.52. The van der Waals surface area contributed by atoms with Gasteiger partial charge in [-0.25, -0.2) is 17.6 Å². The Morgan fingerprint density at radius 3 is 2.23 bits per heavy atom. The van der Waals surface area contributed by atoms with Crippen LogP contribution in [-0.2, 0) is 10.7 Å². The number of thiol groups is 1. The molecule has 2 aromatic rings. The maximum Gasteiger partial charge on any atom is 0.336 e. The van der Waals surface area contributed by atoms with E-state index in [0.717, 1.165) is 12.1 Å². The number of anilines is 1. The monoisotopic (exact) mass is 323 g/mol. The number of hydrogen-bond donors (Lipinski definition) is 3. The third kappa shape index (κ3) is 3.29. The zero-order valence-corrected chi connectivity index (χ0v) is 11.8. The van der Waals surface area contributed by atoms with Gasteiger partial charge in [0, 0.05) is 5.69 Å². The van der Waals surface area contributed by atoms with Crippen LogP contribution in [0.2, 0.25) is 0 Å². The van der Waals surface area contributed by atoms with E-state index in [1.807, 2.05) is 0 Å². The quantitative estimate of drug-likeness (QED) is 0.744. The minimum absolute atomic E-state index is 0.0603. The second-order valence-electron chi connectivity index (χ2n) is 4.23. The van der Waals surface area contributed by atoms with E-state index < -0.39 is 39.5 Å². The van der Waals surface area contributed by atoms with Crippen molar-refractivity contribution in [1.82, 2.24) is 0 Å². The van der Waals surface area contributed by atoms with E-state index in [0.29, 0.717) is 0 Å². The van der Waals surface area contributed by atoms with Gasteiger partial charge >= 0.3 is 5.97 Å². The summed E-state index contributed by atoms with van der Waals surface area (Å²) >= 11 is 0. The standard InChI is InChI=1S/C14H10FNO5S/c15-11-3-1-2-10(14(18)19)12(11)13(17)16-8-4-6-9(7-5-8)22(20)21/h1-7,22H,(H,16,17)(H,18,19). The van der Waals surface area contributed by atoms with Crippen LogP contribution in [0.1, 0.15) is 20.7 Å². The van der Waals surface area contributed by atoms with Crippen molar-refractivity contribution in [1.29, 1.82) is 0 Å². The summed E-state index contributed by atoms with van der Waals surface area (Å²) in [4.78, 5) is 23.1. The summed E-state index contributed by atoms with van der Waals surface area (Å²) < 4.78 is 35.2. The molecule has 8 heteroatoms. The van der Waals surface area contributed by atoms with E-state index in [9.17, 15) is 22.4 Å². The molecule has 0 aromatic heterocycles. The molecule has 0 fully saturated rings. The molecule has 0 aliphatic rings. The van der Waals surface area contributed by atoms with Gasteiger partial charge in [-0.1, -0.05) is 6.07 Å². The van der Waals surface area contributed by atoms with Gasteiger partial charge in [0.15, 0.2) is 10.7 Å². The highest BCUT2D eigenvalue weighted by molar-refractivity contribution is 7.72. The molecule has 0 bridgehead atoms. The molecule has 2 rings (SSSR count). The van der Waals surface area contributed by atoms with Crippen LogP contribution >= 0.6 is 0 Å². The highest BCUT2D eigenvalue weighted by Crippen LogP contribution is 2.17. The van der Waals surface area contributed by atoms with Crippen LogP contribution < -0.4 is 5.32 Å². The molecule has 0 spiro atoms. The lowest BCUT2D eigenvalue weighted by atomic mass is 10.1. The fraction of sp³-hybridized carbons (Fsp3) is 0. The summed E-state index contributed by atoms with van der Waals surface area (Å²) in [7, 11) is -2.74. The highest BCUT2D eigenvalue weighted by atomic mass is 32.2. The van der Waals surface area contributed by atoms with Crippen molar-refractivity contribution in [2.75, 3.05) is 5.32 Å². The third-order valence-electron chi connectivity index (χ3n) is 2.81. The molecule has 6 nitrogen and oxygen atoms in total. The number of carbonyl (C=O) groups excluding carboxylic acids is 1. The van der Waals surface area contributed by atoms with Crippen molar-refractivity contribution < 1.29 is 27.5 Å². The van der Waals surface area contributed by atoms with E-state index in [4.69, 9.17) is 5.11 Å². The zero-order chi connectivity index (χ0) is 16.3. The molecule has 0 atom stereocenters. The van der Waals surface area contributed by atoms with Crippen molar-refractivity contribution in [2.24, 2.45) is 0 Å². The van der Waals surface area contributed by atoms with E-state index >= 15 is 0 Å². The van der Waals surface area contributed by atoms with Gasteiger partial charge in [-0.15, -0.1) is 0 Å². The smallest absolute Gasteiger partial charge is 0.336 e. The van der Waals surface area contributed by atoms with Crippen LogP contribution in [-0.4, -0.2) is 25.4 Å². The van der Waals surface area contributed by atoms with Crippen LogP contribution in [0.3, 0.4) is 0 Å². The van der Waals surface area contributed by atoms with Gasteiger partial charge < -0.3 is 10.4 Å². The Hall–Kier alpha value is -2.74. The Labute approximate surface area is 126 Å². The van der Waals surface area contributed by atoms with Crippen molar-refractivity contribution in [2.45, 2.75) is 4.90 Å². The minimum Gasteiger partial charge on any atom is -0.478 e. The van der Waals surface area contributed by atoms with Gasteiger partial charge in [-0.2, -0.15) is 0 Å². The van der Waals surface area contributed by atoms with Crippen molar-refractivity contribution >= 4 is 28.3 Å². The van der Waals surface area contributed by atoms with Crippen LogP contribution in [0, 0.1) is 5.82 Å². The van der Waals surface area contributed by atoms with Gasteiger partial charge in [0.2, 0.25) is 0 Å². The van der Waals surface area contributed by atoms with Crippen molar-refractivity contribution in [3.8, 4) is 0 Å². The SMILES string of the molecule is O=C(O)c1cccc(F)c1C(=O)Nc1ccc([SH](=O)=O)cc1. The second-order valence-corrected chi connectivity index (χ2v) is 5.26. The van der Waals surface area contributed by atoms with Gasteiger partial charge in [-0.3, -0.25) is 4.79 Å². The molecule has 0 saturated carbocycles. The van der Waals surface area contributed by atoms with Gasteiger partial charge in [0.25, 0.3) is 5.91 Å². The molecule has 0 aliphatic carbocycles. The second kappa shape index (κ2) is 6.35. The number of carboxylic acid groups (broad SMARTS) is 1. The highest BCUT2D eigenvalue weighted by Gasteiger charge is 2.20. The van der Waals surface area contributed by atoms with E-state index in [1.165, 1.54) is 30.3 Å². The molecule has 22 heavy (non-hydrogen) atoms. The number of rotatable bonds is 4. The Morgan fingerprint density at radius 2 is 1.68 bits per heavy atom. The molecule has 114 valence electrons. The van der Waals surface area contributed by atoms with Crippen LogP contribution in [0.15, 0.2) is 47.4 Å². The van der Waals surface area contributed by atoms with Gasteiger partial charge in [-0.05, 0) is 36.4 Å². The lowest BCUT2D eigenvalue weighted by molar-refractivity contribution is 0.0691. The predicted molar refractivity (Wildman–Crippen MR) is 76.3 cm³/mol. The first-order valence-corrected chi connectivity index (χ1v) is 7.15. The molecule has 0 aliphatic heterocycles. The fourth-order valence-corrected chi connectivity index (χ4v) is 2.19. The Morgan fingerprint density at radius 1 is 1.05 bits per heavy atom. The topological polar surface area (TPSA) is 101 Å². The summed E-state index contributed by atoms with van der Waals surface area (Å²) in [6.07, 6.45) is 0. The number of hydrogen-bond acceptors (Lipinski definition) is 4. The third-order valence-corrected chi connectivity index (χ3v) is 3.53. The Balaban J connectivity index is 2.32.